The summed E-state index contributed by atoms with van der Waals surface area (Å²) < 4.78 is 37.4. The summed E-state index contributed by atoms with van der Waals surface area (Å²) in [4.78, 5) is 1.52. The molecule has 5 heteroatoms. The van der Waals surface area contributed by atoms with Crippen molar-refractivity contribution >= 4 is 0 Å². The minimum atomic E-state index is -4.10. The van der Waals surface area contributed by atoms with Gasteiger partial charge in [0.05, 0.1) is 6.54 Å². The van der Waals surface area contributed by atoms with E-state index in [1.54, 1.807) is 0 Å². The second-order valence-corrected chi connectivity index (χ2v) is 6.15. The molecule has 0 radical (unpaired) electrons. The molecule has 1 fully saturated rings. The Morgan fingerprint density at radius 3 is 2.22 bits per heavy atom. The Labute approximate surface area is 108 Å². The van der Waals surface area contributed by atoms with E-state index in [2.05, 4.69) is 5.32 Å². The lowest BCUT2D eigenvalue weighted by molar-refractivity contribution is -0.148. The molecular formula is C13H25F3N2. The Hall–Kier alpha value is -0.290. The largest absolute Gasteiger partial charge is 0.401 e. The molecule has 0 bridgehead atoms. The Balaban J connectivity index is 2.40. The van der Waals surface area contributed by atoms with E-state index in [-0.39, 0.29) is 5.41 Å². The van der Waals surface area contributed by atoms with Crippen molar-refractivity contribution in [1.82, 2.24) is 10.2 Å². The van der Waals surface area contributed by atoms with E-state index in [0.29, 0.717) is 19.1 Å². The van der Waals surface area contributed by atoms with Gasteiger partial charge in [-0.25, -0.2) is 0 Å². The summed E-state index contributed by atoms with van der Waals surface area (Å²) in [6.07, 6.45) is -0.938. The lowest BCUT2D eigenvalue weighted by Crippen LogP contribution is -2.44. The molecule has 0 heterocycles. The fourth-order valence-electron chi connectivity index (χ4n) is 2.15. The second kappa shape index (κ2) is 6.24. The molecule has 0 aromatic heterocycles. The molecule has 0 saturated heterocycles. The van der Waals surface area contributed by atoms with Crippen molar-refractivity contribution in [3.8, 4) is 0 Å². The van der Waals surface area contributed by atoms with Gasteiger partial charge in [-0.05, 0) is 31.2 Å². The molecule has 0 amide bonds. The third-order valence-corrected chi connectivity index (χ3v) is 3.04. The summed E-state index contributed by atoms with van der Waals surface area (Å²) in [5.41, 5.74) is -0.122. The average Bonchev–Trinajstić information content (AvgIpc) is 2.94. The second-order valence-electron chi connectivity index (χ2n) is 6.15. The van der Waals surface area contributed by atoms with Crippen molar-refractivity contribution < 1.29 is 13.2 Å². The molecule has 1 N–H and O–H groups in total. The Morgan fingerprint density at radius 2 is 1.78 bits per heavy atom. The van der Waals surface area contributed by atoms with Crippen molar-refractivity contribution in [3.63, 3.8) is 0 Å². The fraction of sp³-hybridized carbons (Fsp3) is 1.00. The lowest BCUT2D eigenvalue weighted by Gasteiger charge is -2.33. The maximum Gasteiger partial charge on any atom is 0.401 e. The van der Waals surface area contributed by atoms with E-state index in [4.69, 9.17) is 0 Å². The number of alkyl halides is 3. The van der Waals surface area contributed by atoms with Gasteiger partial charge in [-0.15, -0.1) is 0 Å². The zero-order valence-electron chi connectivity index (χ0n) is 11.6. The van der Waals surface area contributed by atoms with Crippen LogP contribution in [0.25, 0.3) is 0 Å². The van der Waals surface area contributed by atoms with Crippen molar-refractivity contribution in [1.29, 1.82) is 0 Å². The predicted molar refractivity (Wildman–Crippen MR) is 67.6 cm³/mol. The first kappa shape index (κ1) is 15.8. The maximum atomic E-state index is 12.5. The Bertz CT molecular complexity index is 247. The first-order valence-corrected chi connectivity index (χ1v) is 6.74. The van der Waals surface area contributed by atoms with E-state index < -0.39 is 12.7 Å². The zero-order chi connectivity index (χ0) is 13.8. The number of hydrogen-bond donors (Lipinski definition) is 1. The minimum Gasteiger partial charge on any atom is -0.313 e. The molecule has 0 aromatic rings. The fourth-order valence-corrected chi connectivity index (χ4v) is 2.15. The van der Waals surface area contributed by atoms with Crippen LogP contribution < -0.4 is 5.32 Å². The summed E-state index contributed by atoms with van der Waals surface area (Å²) in [5.74, 6) is 0. The molecule has 0 aliphatic heterocycles. The number of nitrogens with zero attached hydrogens (tertiary/aromatic N) is 1. The van der Waals surface area contributed by atoms with Crippen LogP contribution in [0.2, 0.25) is 0 Å². The number of hydrogen-bond acceptors (Lipinski definition) is 2. The van der Waals surface area contributed by atoms with Crippen LogP contribution in [0.5, 0.6) is 0 Å². The van der Waals surface area contributed by atoms with Crippen LogP contribution in [0, 0.1) is 5.41 Å². The van der Waals surface area contributed by atoms with E-state index in [9.17, 15) is 13.2 Å². The summed E-state index contributed by atoms with van der Waals surface area (Å²) in [6.45, 7) is 6.96. The first-order valence-electron chi connectivity index (χ1n) is 6.74. The Kier molecular flexibility index (Phi) is 5.46. The average molecular weight is 266 g/mol. The molecule has 0 spiro atoms. The van der Waals surface area contributed by atoms with Gasteiger partial charge in [-0.3, -0.25) is 4.90 Å². The van der Waals surface area contributed by atoms with Gasteiger partial charge in [-0.1, -0.05) is 20.8 Å². The zero-order valence-corrected chi connectivity index (χ0v) is 11.6. The molecule has 1 aliphatic rings. The summed E-state index contributed by atoms with van der Waals surface area (Å²) in [7, 11) is 0. The van der Waals surface area contributed by atoms with Gasteiger partial charge in [0.25, 0.3) is 0 Å². The lowest BCUT2D eigenvalue weighted by atomic mass is 9.92. The molecule has 1 aliphatic carbocycles. The SMILES string of the molecule is CCCN(CC(F)(F)F)CC(C)(C)CNC1CC1. The molecule has 108 valence electrons. The smallest absolute Gasteiger partial charge is 0.313 e. The predicted octanol–water partition coefficient (Wildman–Crippen LogP) is 3.04. The van der Waals surface area contributed by atoms with Crippen molar-refractivity contribution in [2.45, 2.75) is 52.3 Å². The van der Waals surface area contributed by atoms with Crippen LogP contribution in [0.4, 0.5) is 13.2 Å². The highest BCUT2D eigenvalue weighted by Crippen LogP contribution is 2.24. The van der Waals surface area contributed by atoms with Crippen LogP contribution in [0.1, 0.15) is 40.0 Å². The van der Waals surface area contributed by atoms with Crippen LogP contribution in [-0.2, 0) is 0 Å². The molecule has 0 unspecified atom stereocenters. The molecule has 0 aromatic carbocycles. The number of halogens is 3. The van der Waals surface area contributed by atoms with Crippen LogP contribution >= 0.6 is 0 Å². The van der Waals surface area contributed by atoms with Gasteiger partial charge in [0.15, 0.2) is 0 Å². The minimum absolute atomic E-state index is 0.122. The Morgan fingerprint density at radius 1 is 1.17 bits per heavy atom. The van der Waals surface area contributed by atoms with Crippen molar-refractivity contribution in [2.24, 2.45) is 5.41 Å². The summed E-state index contributed by atoms with van der Waals surface area (Å²) in [6, 6.07) is 0.603. The van der Waals surface area contributed by atoms with E-state index >= 15 is 0 Å². The third kappa shape index (κ3) is 7.21. The normalized spacial score (nSPS) is 17.5. The standard InChI is InChI=1S/C13H25F3N2/c1-4-7-18(10-13(14,15)16)9-12(2,3)8-17-11-5-6-11/h11,17H,4-10H2,1-3H3. The third-order valence-electron chi connectivity index (χ3n) is 3.04. The highest BCUT2D eigenvalue weighted by molar-refractivity contribution is 4.85. The van der Waals surface area contributed by atoms with Gasteiger partial charge in [0, 0.05) is 19.1 Å². The molecule has 0 atom stereocenters. The van der Waals surface area contributed by atoms with Crippen molar-refractivity contribution in [2.75, 3.05) is 26.2 Å². The quantitative estimate of drug-likeness (QED) is 0.726. The molecule has 18 heavy (non-hydrogen) atoms. The summed E-state index contributed by atoms with van der Waals surface area (Å²) >= 11 is 0. The molecular weight excluding hydrogens is 241 g/mol. The van der Waals surface area contributed by atoms with Gasteiger partial charge in [0.2, 0.25) is 0 Å². The van der Waals surface area contributed by atoms with Crippen molar-refractivity contribution in [3.05, 3.63) is 0 Å². The van der Waals surface area contributed by atoms with Gasteiger partial charge >= 0.3 is 6.18 Å². The molecule has 2 nitrogen and oxygen atoms in total. The van der Waals surface area contributed by atoms with Gasteiger partial charge < -0.3 is 5.32 Å². The van der Waals surface area contributed by atoms with E-state index in [0.717, 1.165) is 13.0 Å². The van der Waals surface area contributed by atoms with Crippen LogP contribution in [0.15, 0.2) is 0 Å². The monoisotopic (exact) mass is 266 g/mol. The first-order chi connectivity index (χ1) is 8.22. The highest BCUT2D eigenvalue weighted by atomic mass is 19.4. The van der Waals surface area contributed by atoms with Crippen LogP contribution in [-0.4, -0.2) is 43.3 Å². The molecule has 1 saturated carbocycles. The van der Waals surface area contributed by atoms with Gasteiger partial charge in [-0.2, -0.15) is 13.2 Å². The topological polar surface area (TPSA) is 15.3 Å². The van der Waals surface area contributed by atoms with Crippen LogP contribution in [0.3, 0.4) is 0 Å². The van der Waals surface area contributed by atoms with E-state index in [1.165, 1.54) is 17.7 Å². The molecule has 1 rings (SSSR count). The number of nitrogens with one attached hydrogen (secondary N) is 1. The maximum absolute atomic E-state index is 12.5. The number of rotatable bonds is 8. The van der Waals surface area contributed by atoms with E-state index in [1.807, 2.05) is 20.8 Å². The van der Waals surface area contributed by atoms with Gasteiger partial charge in [0.1, 0.15) is 0 Å². The summed E-state index contributed by atoms with van der Waals surface area (Å²) in [5, 5.41) is 3.40. The highest BCUT2D eigenvalue weighted by Gasteiger charge is 2.33.